The molecule has 3 nitrogen and oxygen atoms in total. The minimum Gasteiger partial charge on any atom is -0.349 e. The summed E-state index contributed by atoms with van der Waals surface area (Å²) in [5.41, 5.74) is 0.155. The highest BCUT2D eigenvalue weighted by Crippen LogP contribution is 2.59. The topological polar surface area (TPSA) is 35.5 Å². The molecule has 1 spiro atoms. The molecule has 1 aliphatic heterocycles. The van der Waals surface area contributed by atoms with E-state index in [-0.39, 0.29) is 11.2 Å². The van der Waals surface area contributed by atoms with E-state index in [0.29, 0.717) is 11.7 Å². The Bertz CT molecular complexity index is 418. The Kier molecular flexibility index (Phi) is 2.85. The minimum absolute atomic E-state index is 0.155. The molecular formula is C17H26O3. The van der Waals surface area contributed by atoms with E-state index in [2.05, 4.69) is 13.8 Å². The summed E-state index contributed by atoms with van der Waals surface area (Å²) in [6.07, 6.45) is 6.15. The lowest BCUT2D eigenvalue weighted by Gasteiger charge is -2.42. The normalized spacial score (nSPS) is 45.4. The van der Waals surface area contributed by atoms with E-state index in [1.165, 1.54) is 6.42 Å². The highest BCUT2D eigenvalue weighted by atomic mass is 16.7. The molecule has 1 saturated heterocycles. The molecule has 0 N–H and O–H groups in total. The lowest BCUT2D eigenvalue weighted by atomic mass is 9.76. The van der Waals surface area contributed by atoms with Crippen molar-refractivity contribution in [2.24, 2.45) is 29.1 Å². The predicted octanol–water partition coefficient (Wildman–Crippen LogP) is 3.17. The van der Waals surface area contributed by atoms with Gasteiger partial charge in [0.05, 0.1) is 13.2 Å². The molecule has 20 heavy (non-hydrogen) atoms. The quantitative estimate of drug-likeness (QED) is 0.683. The van der Waals surface area contributed by atoms with Gasteiger partial charge in [0.25, 0.3) is 0 Å². The Morgan fingerprint density at radius 2 is 1.80 bits per heavy atom. The first kappa shape index (κ1) is 13.3. The van der Waals surface area contributed by atoms with Crippen LogP contribution in [0, 0.1) is 29.1 Å². The maximum atomic E-state index is 11.6. The first-order chi connectivity index (χ1) is 9.46. The van der Waals surface area contributed by atoms with Crippen molar-refractivity contribution < 1.29 is 14.3 Å². The van der Waals surface area contributed by atoms with Crippen molar-refractivity contribution in [2.45, 2.75) is 58.2 Å². The molecule has 4 aliphatic rings. The van der Waals surface area contributed by atoms with Gasteiger partial charge >= 0.3 is 0 Å². The number of hydrogen-bond acceptors (Lipinski definition) is 3. The van der Waals surface area contributed by atoms with Crippen LogP contribution in [0.5, 0.6) is 0 Å². The average molecular weight is 278 g/mol. The van der Waals surface area contributed by atoms with Crippen molar-refractivity contribution in [3.8, 4) is 0 Å². The molecule has 3 heteroatoms. The van der Waals surface area contributed by atoms with Gasteiger partial charge in [-0.15, -0.1) is 0 Å². The van der Waals surface area contributed by atoms with Gasteiger partial charge in [0.1, 0.15) is 5.78 Å². The molecule has 0 amide bonds. The summed E-state index contributed by atoms with van der Waals surface area (Å²) in [5.74, 6) is 3.12. The summed E-state index contributed by atoms with van der Waals surface area (Å²) in [4.78, 5) is 11.6. The van der Waals surface area contributed by atoms with Gasteiger partial charge in [0.2, 0.25) is 0 Å². The van der Waals surface area contributed by atoms with E-state index in [4.69, 9.17) is 9.47 Å². The maximum absolute atomic E-state index is 11.6. The molecule has 0 bridgehead atoms. The van der Waals surface area contributed by atoms with Gasteiger partial charge in [-0.25, -0.2) is 0 Å². The number of carbonyl (C=O) groups excluding carboxylic acids is 1. The number of ether oxygens (including phenoxy) is 2. The molecule has 4 atom stereocenters. The molecule has 4 fully saturated rings. The Balaban J connectivity index is 1.47. The molecule has 3 aliphatic carbocycles. The van der Waals surface area contributed by atoms with Crippen molar-refractivity contribution in [2.75, 3.05) is 13.2 Å². The Morgan fingerprint density at radius 1 is 1.05 bits per heavy atom. The van der Waals surface area contributed by atoms with Crippen LogP contribution in [0.25, 0.3) is 0 Å². The minimum atomic E-state index is -0.280. The number of rotatable bonds is 0. The third kappa shape index (κ3) is 2.05. The van der Waals surface area contributed by atoms with Gasteiger partial charge in [-0.05, 0) is 36.5 Å². The Morgan fingerprint density at radius 3 is 2.55 bits per heavy atom. The van der Waals surface area contributed by atoms with Crippen LogP contribution in [-0.2, 0) is 14.3 Å². The van der Waals surface area contributed by atoms with E-state index in [9.17, 15) is 4.79 Å². The summed E-state index contributed by atoms with van der Waals surface area (Å²) in [6.45, 7) is 6.05. The van der Waals surface area contributed by atoms with Crippen molar-refractivity contribution in [1.82, 2.24) is 0 Å². The average Bonchev–Trinajstić information content (AvgIpc) is 2.87. The second-order valence-electron chi connectivity index (χ2n) is 8.43. The van der Waals surface area contributed by atoms with E-state index < -0.39 is 0 Å². The molecule has 0 unspecified atom stereocenters. The lowest BCUT2D eigenvalue weighted by molar-refractivity contribution is -0.298. The Hall–Kier alpha value is -0.410. The molecule has 0 aromatic heterocycles. The van der Waals surface area contributed by atoms with Crippen LogP contribution in [-0.4, -0.2) is 24.8 Å². The summed E-state index contributed by atoms with van der Waals surface area (Å²) in [6, 6.07) is 0. The Labute approximate surface area is 121 Å². The van der Waals surface area contributed by atoms with Gasteiger partial charge in [0, 0.05) is 31.1 Å². The molecule has 0 aromatic carbocycles. The zero-order valence-corrected chi connectivity index (χ0v) is 12.7. The first-order valence-corrected chi connectivity index (χ1v) is 8.26. The number of hydrogen-bond donors (Lipinski definition) is 0. The van der Waals surface area contributed by atoms with E-state index in [0.717, 1.165) is 63.1 Å². The number of carbonyl (C=O) groups is 1. The van der Waals surface area contributed by atoms with Crippen molar-refractivity contribution in [3.63, 3.8) is 0 Å². The van der Waals surface area contributed by atoms with Gasteiger partial charge in [-0.3, -0.25) is 4.79 Å². The summed E-state index contributed by atoms with van der Waals surface area (Å²) in [7, 11) is 0. The highest BCUT2D eigenvalue weighted by molar-refractivity contribution is 5.79. The molecule has 1 heterocycles. The van der Waals surface area contributed by atoms with Gasteiger partial charge in [-0.2, -0.15) is 0 Å². The van der Waals surface area contributed by atoms with Crippen molar-refractivity contribution >= 4 is 5.78 Å². The predicted molar refractivity (Wildman–Crippen MR) is 75.1 cm³/mol. The van der Waals surface area contributed by atoms with E-state index in [1.54, 1.807) is 0 Å². The fourth-order valence-electron chi connectivity index (χ4n) is 5.21. The summed E-state index contributed by atoms with van der Waals surface area (Å²) < 4.78 is 12.4. The third-order valence-corrected chi connectivity index (χ3v) is 6.18. The first-order valence-electron chi connectivity index (χ1n) is 8.26. The number of ketones is 1. The van der Waals surface area contributed by atoms with E-state index in [1.807, 2.05) is 0 Å². The number of Topliss-reactive ketones (excluding diaryl/α,β-unsaturated/α-hetero) is 1. The van der Waals surface area contributed by atoms with E-state index >= 15 is 0 Å². The lowest BCUT2D eigenvalue weighted by Crippen LogP contribution is -2.46. The van der Waals surface area contributed by atoms with Gasteiger partial charge in [-0.1, -0.05) is 13.8 Å². The zero-order valence-electron chi connectivity index (χ0n) is 12.7. The van der Waals surface area contributed by atoms with Crippen LogP contribution in [0.1, 0.15) is 52.4 Å². The highest BCUT2D eigenvalue weighted by Gasteiger charge is 2.57. The molecule has 4 rings (SSSR count). The van der Waals surface area contributed by atoms with Crippen molar-refractivity contribution in [3.05, 3.63) is 0 Å². The fourth-order valence-corrected chi connectivity index (χ4v) is 5.21. The van der Waals surface area contributed by atoms with Crippen LogP contribution in [0.15, 0.2) is 0 Å². The maximum Gasteiger partial charge on any atom is 0.168 e. The molecule has 3 saturated carbocycles. The zero-order chi connectivity index (χ0) is 14.0. The van der Waals surface area contributed by atoms with Gasteiger partial charge < -0.3 is 9.47 Å². The van der Waals surface area contributed by atoms with Crippen LogP contribution in [0.4, 0.5) is 0 Å². The molecule has 0 aromatic rings. The second kappa shape index (κ2) is 4.30. The summed E-state index contributed by atoms with van der Waals surface area (Å²) in [5, 5.41) is 0. The largest absolute Gasteiger partial charge is 0.349 e. The third-order valence-electron chi connectivity index (χ3n) is 6.18. The van der Waals surface area contributed by atoms with Crippen LogP contribution < -0.4 is 0 Å². The second-order valence-corrected chi connectivity index (χ2v) is 8.43. The fraction of sp³-hybridized carbons (Fsp3) is 0.941. The van der Waals surface area contributed by atoms with Crippen LogP contribution in [0.2, 0.25) is 0 Å². The monoisotopic (exact) mass is 278 g/mol. The van der Waals surface area contributed by atoms with Crippen LogP contribution >= 0.6 is 0 Å². The molecular weight excluding hydrogens is 252 g/mol. The van der Waals surface area contributed by atoms with Gasteiger partial charge in [0.15, 0.2) is 5.79 Å². The smallest absolute Gasteiger partial charge is 0.168 e. The summed E-state index contributed by atoms with van der Waals surface area (Å²) >= 11 is 0. The van der Waals surface area contributed by atoms with Crippen molar-refractivity contribution in [1.29, 1.82) is 0 Å². The molecule has 112 valence electrons. The standard InChI is InChI=1S/C17H26O3/c1-16(2)9-19-17(20-10-16)7-12-5-11-6-13(18)3-4-14(11)15(12)8-17/h11-12,14-15H,3-10H2,1-2H3/t11-,12+,14-,15-/m1/s1. The molecule has 0 radical (unpaired) electrons. The SMILES string of the molecule is CC1(C)COC2(C[C@@H]3C[C@@H]4CC(=O)CC[C@H]4[C@@H]3C2)OC1. The van der Waals surface area contributed by atoms with Crippen LogP contribution in [0.3, 0.4) is 0 Å². The number of fused-ring (bicyclic) bond motifs is 3.